The Bertz CT molecular complexity index is 961. The van der Waals surface area contributed by atoms with E-state index in [9.17, 15) is 4.79 Å². The molecular formula is C24H25N3O2. The minimum atomic E-state index is -0.253. The minimum absolute atomic E-state index is 0.253. The van der Waals surface area contributed by atoms with Crippen molar-refractivity contribution in [3.63, 3.8) is 0 Å². The van der Waals surface area contributed by atoms with Crippen molar-refractivity contribution in [3.05, 3.63) is 95.1 Å². The fourth-order valence-electron chi connectivity index (χ4n) is 2.64. The second-order valence-electron chi connectivity index (χ2n) is 6.98. The molecule has 3 aromatic carbocycles. The second-order valence-corrected chi connectivity index (χ2v) is 6.98. The summed E-state index contributed by atoms with van der Waals surface area (Å²) < 4.78 is 5.76. The van der Waals surface area contributed by atoms with Gasteiger partial charge in [-0.2, -0.15) is 5.10 Å². The quantitative estimate of drug-likeness (QED) is 0.483. The van der Waals surface area contributed by atoms with Gasteiger partial charge in [-0.3, -0.25) is 4.79 Å². The maximum Gasteiger partial charge on any atom is 0.271 e. The van der Waals surface area contributed by atoms with Crippen molar-refractivity contribution in [1.29, 1.82) is 0 Å². The Morgan fingerprint density at radius 2 is 1.62 bits per heavy atom. The van der Waals surface area contributed by atoms with Gasteiger partial charge in [0.1, 0.15) is 12.4 Å². The zero-order valence-corrected chi connectivity index (χ0v) is 16.9. The van der Waals surface area contributed by atoms with Crippen LogP contribution in [0.2, 0.25) is 0 Å². The standard InChI is InChI=1S/C24H25N3O2/c1-18-4-14-23(15-5-18)29-17-20-6-10-21(11-7-20)24(28)26-25-16-19-8-12-22(13-9-19)27(2)3/h4-16H,17H2,1-3H3,(H,26,28)/b25-16-. The molecule has 0 heterocycles. The number of aryl methyl sites for hydroxylation is 1. The number of ether oxygens (including phenoxy) is 1. The normalized spacial score (nSPS) is 10.7. The summed E-state index contributed by atoms with van der Waals surface area (Å²) in [6, 6.07) is 23.1. The topological polar surface area (TPSA) is 53.9 Å². The van der Waals surface area contributed by atoms with Gasteiger partial charge in [0.25, 0.3) is 5.91 Å². The molecule has 3 aromatic rings. The average molecular weight is 387 g/mol. The van der Waals surface area contributed by atoms with Crippen molar-refractivity contribution in [2.24, 2.45) is 5.10 Å². The average Bonchev–Trinajstić information content (AvgIpc) is 2.74. The van der Waals surface area contributed by atoms with Crippen LogP contribution in [-0.4, -0.2) is 26.2 Å². The van der Waals surface area contributed by atoms with E-state index in [4.69, 9.17) is 4.74 Å². The van der Waals surface area contributed by atoms with Crippen molar-refractivity contribution < 1.29 is 9.53 Å². The Hall–Kier alpha value is -3.60. The molecule has 0 aliphatic rings. The summed E-state index contributed by atoms with van der Waals surface area (Å²) in [7, 11) is 3.98. The van der Waals surface area contributed by atoms with E-state index < -0.39 is 0 Å². The predicted molar refractivity (Wildman–Crippen MR) is 118 cm³/mol. The van der Waals surface area contributed by atoms with E-state index in [2.05, 4.69) is 10.5 Å². The third-order valence-electron chi connectivity index (χ3n) is 4.43. The molecule has 1 amide bonds. The summed E-state index contributed by atoms with van der Waals surface area (Å²) in [5.74, 6) is 0.572. The lowest BCUT2D eigenvalue weighted by Gasteiger charge is -2.11. The SMILES string of the molecule is Cc1ccc(OCc2ccc(C(=O)N/N=C\c3ccc(N(C)C)cc3)cc2)cc1. The van der Waals surface area contributed by atoms with Gasteiger partial charge >= 0.3 is 0 Å². The van der Waals surface area contributed by atoms with E-state index in [0.717, 1.165) is 22.6 Å². The smallest absolute Gasteiger partial charge is 0.271 e. The third kappa shape index (κ3) is 5.94. The van der Waals surface area contributed by atoms with Crippen LogP contribution in [0.3, 0.4) is 0 Å². The van der Waals surface area contributed by atoms with Crippen LogP contribution in [0.25, 0.3) is 0 Å². The van der Waals surface area contributed by atoms with E-state index in [1.165, 1.54) is 5.56 Å². The summed E-state index contributed by atoms with van der Waals surface area (Å²) >= 11 is 0. The molecule has 0 saturated heterocycles. The number of carbonyl (C=O) groups is 1. The van der Waals surface area contributed by atoms with Crippen LogP contribution in [0, 0.1) is 6.92 Å². The Balaban J connectivity index is 1.51. The molecule has 0 aliphatic heterocycles. The van der Waals surface area contributed by atoms with Gasteiger partial charge in [0.05, 0.1) is 6.21 Å². The van der Waals surface area contributed by atoms with Gasteiger partial charge in [0.15, 0.2) is 0 Å². The largest absolute Gasteiger partial charge is 0.489 e. The first-order valence-electron chi connectivity index (χ1n) is 9.40. The maximum absolute atomic E-state index is 12.2. The molecule has 0 aromatic heterocycles. The van der Waals surface area contributed by atoms with Crippen LogP contribution >= 0.6 is 0 Å². The highest BCUT2D eigenvalue weighted by molar-refractivity contribution is 5.94. The number of carbonyl (C=O) groups excluding carboxylic acids is 1. The number of benzene rings is 3. The fraction of sp³-hybridized carbons (Fsp3) is 0.167. The van der Waals surface area contributed by atoms with Gasteiger partial charge < -0.3 is 9.64 Å². The molecule has 0 bridgehead atoms. The van der Waals surface area contributed by atoms with Crippen molar-refractivity contribution in [3.8, 4) is 5.75 Å². The van der Waals surface area contributed by atoms with E-state index in [1.807, 2.05) is 86.6 Å². The van der Waals surface area contributed by atoms with Crippen LogP contribution in [0.1, 0.15) is 27.0 Å². The third-order valence-corrected chi connectivity index (χ3v) is 4.43. The van der Waals surface area contributed by atoms with E-state index >= 15 is 0 Å². The fourth-order valence-corrected chi connectivity index (χ4v) is 2.64. The molecule has 0 saturated carbocycles. The first-order chi connectivity index (χ1) is 14.0. The molecule has 5 nitrogen and oxygen atoms in total. The van der Waals surface area contributed by atoms with E-state index in [-0.39, 0.29) is 5.91 Å². The van der Waals surface area contributed by atoms with Crippen LogP contribution in [-0.2, 0) is 6.61 Å². The van der Waals surface area contributed by atoms with Crippen molar-refractivity contribution in [2.45, 2.75) is 13.5 Å². The Morgan fingerprint density at radius 1 is 0.966 bits per heavy atom. The highest BCUT2D eigenvalue weighted by Gasteiger charge is 2.04. The van der Waals surface area contributed by atoms with Gasteiger partial charge in [-0.15, -0.1) is 0 Å². The molecule has 29 heavy (non-hydrogen) atoms. The number of amides is 1. The highest BCUT2D eigenvalue weighted by Crippen LogP contribution is 2.14. The molecule has 1 N–H and O–H groups in total. The zero-order chi connectivity index (χ0) is 20.6. The van der Waals surface area contributed by atoms with Crippen molar-refractivity contribution >= 4 is 17.8 Å². The molecule has 0 radical (unpaired) electrons. The van der Waals surface area contributed by atoms with Crippen molar-refractivity contribution in [2.75, 3.05) is 19.0 Å². The summed E-state index contributed by atoms with van der Waals surface area (Å²) in [6.07, 6.45) is 1.63. The Kier molecular flexibility index (Phi) is 6.63. The second kappa shape index (κ2) is 9.55. The monoisotopic (exact) mass is 387 g/mol. The summed E-state index contributed by atoms with van der Waals surface area (Å²) in [5.41, 5.74) is 7.31. The first kappa shape index (κ1) is 20.1. The zero-order valence-electron chi connectivity index (χ0n) is 16.9. The van der Waals surface area contributed by atoms with Crippen LogP contribution in [0.4, 0.5) is 5.69 Å². The summed E-state index contributed by atoms with van der Waals surface area (Å²) in [6.45, 7) is 2.49. The number of anilines is 1. The maximum atomic E-state index is 12.2. The molecule has 0 fully saturated rings. The highest BCUT2D eigenvalue weighted by atomic mass is 16.5. The number of hydrogen-bond donors (Lipinski definition) is 1. The number of hydrogen-bond acceptors (Lipinski definition) is 4. The van der Waals surface area contributed by atoms with Crippen molar-refractivity contribution in [1.82, 2.24) is 5.43 Å². The molecule has 3 rings (SSSR count). The van der Waals surface area contributed by atoms with E-state index in [0.29, 0.717) is 12.2 Å². The van der Waals surface area contributed by atoms with Gasteiger partial charge in [0, 0.05) is 25.3 Å². The summed E-state index contributed by atoms with van der Waals surface area (Å²) in [5, 5.41) is 4.04. The van der Waals surface area contributed by atoms with Gasteiger partial charge in [-0.1, -0.05) is 42.0 Å². The first-order valence-corrected chi connectivity index (χ1v) is 9.40. The Morgan fingerprint density at radius 3 is 2.24 bits per heavy atom. The number of nitrogens with one attached hydrogen (secondary N) is 1. The number of nitrogens with zero attached hydrogens (tertiary/aromatic N) is 2. The molecule has 0 unspecified atom stereocenters. The Labute approximate surface area is 171 Å². The van der Waals surface area contributed by atoms with Gasteiger partial charge in [-0.05, 0) is 54.4 Å². The van der Waals surface area contributed by atoms with Crippen LogP contribution in [0.15, 0.2) is 77.9 Å². The molecule has 5 heteroatoms. The lowest BCUT2D eigenvalue weighted by atomic mass is 10.1. The van der Waals surface area contributed by atoms with E-state index in [1.54, 1.807) is 18.3 Å². The lowest BCUT2D eigenvalue weighted by molar-refractivity contribution is 0.0955. The predicted octanol–water partition coefficient (Wildman–Crippen LogP) is 4.40. The van der Waals surface area contributed by atoms with Crippen LogP contribution in [0.5, 0.6) is 5.75 Å². The van der Waals surface area contributed by atoms with Gasteiger partial charge in [-0.25, -0.2) is 5.43 Å². The molecular weight excluding hydrogens is 362 g/mol. The number of hydrazone groups is 1. The van der Waals surface area contributed by atoms with Crippen LogP contribution < -0.4 is 15.1 Å². The lowest BCUT2D eigenvalue weighted by Crippen LogP contribution is -2.17. The van der Waals surface area contributed by atoms with Gasteiger partial charge in [0.2, 0.25) is 0 Å². The number of rotatable bonds is 7. The molecule has 0 spiro atoms. The molecule has 0 aliphatic carbocycles. The minimum Gasteiger partial charge on any atom is -0.489 e. The summed E-state index contributed by atoms with van der Waals surface area (Å²) in [4.78, 5) is 14.3. The molecule has 0 atom stereocenters. The molecule has 148 valence electrons.